The van der Waals surface area contributed by atoms with Gasteiger partial charge in [0.2, 0.25) is 0 Å². The van der Waals surface area contributed by atoms with Crippen LogP contribution in [-0.4, -0.2) is 36.2 Å². The first-order valence-electron chi connectivity index (χ1n) is 4.41. The summed E-state index contributed by atoms with van der Waals surface area (Å²) >= 11 is 0. The van der Waals surface area contributed by atoms with Crippen molar-refractivity contribution in [2.75, 3.05) is 7.05 Å². The maximum Gasteiger partial charge on any atom is 0.0703 e. The second-order valence-electron chi connectivity index (χ2n) is 3.69. The van der Waals surface area contributed by atoms with Gasteiger partial charge in [-0.3, -0.25) is 4.90 Å². The number of morpholine rings is 1. The Bertz CT molecular complexity index is 124. The number of rotatable bonds is 0. The van der Waals surface area contributed by atoms with Gasteiger partial charge in [-0.05, 0) is 34.7 Å². The number of ether oxygens (including phenoxy) is 1. The molecule has 0 saturated carbocycles. The van der Waals surface area contributed by atoms with Crippen LogP contribution in [0.15, 0.2) is 0 Å². The standard InChI is InChI=1S/C9H19NO/c1-6-8(3)11-9(4)7(2)10(6)5/h6-9H,1-5H3. The second-order valence-corrected chi connectivity index (χ2v) is 3.69. The summed E-state index contributed by atoms with van der Waals surface area (Å²) in [6.07, 6.45) is 0.734. The van der Waals surface area contributed by atoms with Gasteiger partial charge in [-0.1, -0.05) is 0 Å². The third-order valence-corrected chi connectivity index (χ3v) is 3.07. The molecular weight excluding hydrogens is 138 g/mol. The molecule has 4 atom stereocenters. The van der Waals surface area contributed by atoms with E-state index in [1.165, 1.54) is 0 Å². The van der Waals surface area contributed by atoms with Crippen molar-refractivity contribution in [3.8, 4) is 0 Å². The first-order valence-corrected chi connectivity index (χ1v) is 4.41. The molecular formula is C9H19NO. The zero-order valence-corrected chi connectivity index (χ0v) is 8.16. The van der Waals surface area contributed by atoms with Crippen molar-refractivity contribution in [2.24, 2.45) is 0 Å². The van der Waals surface area contributed by atoms with E-state index < -0.39 is 0 Å². The van der Waals surface area contributed by atoms with Crippen LogP contribution in [0.25, 0.3) is 0 Å². The zero-order chi connectivity index (χ0) is 8.59. The Morgan fingerprint density at radius 1 is 0.909 bits per heavy atom. The van der Waals surface area contributed by atoms with Crippen LogP contribution in [0, 0.1) is 0 Å². The van der Waals surface area contributed by atoms with Gasteiger partial charge in [0.15, 0.2) is 0 Å². The minimum Gasteiger partial charge on any atom is -0.372 e. The molecule has 11 heavy (non-hydrogen) atoms. The lowest BCUT2D eigenvalue weighted by Gasteiger charge is -2.43. The lowest BCUT2D eigenvalue weighted by molar-refractivity contribution is -0.120. The van der Waals surface area contributed by atoms with E-state index in [-0.39, 0.29) is 0 Å². The van der Waals surface area contributed by atoms with E-state index in [9.17, 15) is 0 Å². The Labute approximate surface area is 69.5 Å². The van der Waals surface area contributed by atoms with Crippen molar-refractivity contribution in [1.82, 2.24) is 4.90 Å². The predicted molar refractivity (Wildman–Crippen MR) is 46.7 cm³/mol. The topological polar surface area (TPSA) is 12.5 Å². The molecule has 66 valence electrons. The van der Waals surface area contributed by atoms with Crippen molar-refractivity contribution >= 4 is 0 Å². The van der Waals surface area contributed by atoms with Gasteiger partial charge in [0.05, 0.1) is 12.2 Å². The monoisotopic (exact) mass is 157 g/mol. The van der Waals surface area contributed by atoms with Crippen molar-refractivity contribution in [2.45, 2.75) is 52.0 Å². The van der Waals surface area contributed by atoms with E-state index in [0.29, 0.717) is 24.3 Å². The molecule has 0 aromatic carbocycles. The van der Waals surface area contributed by atoms with Gasteiger partial charge in [0.25, 0.3) is 0 Å². The molecule has 2 heteroatoms. The highest BCUT2D eigenvalue weighted by atomic mass is 16.5. The summed E-state index contributed by atoms with van der Waals surface area (Å²) in [5, 5.41) is 0. The van der Waals surface area contributed by atoms with Crippen LogP contribution in [0.2, 0.25) is 0 Å². The Morgan fingerprint density at radius 2 is 1.27 bits per heavy atom. The van der Waals surface area contributed by atoms with Crippen LogP contribution in [-0.2, 0) is 4.74 Å². The summed E-state index contributed by atoms with van der Waals surface area (Å²) in [5.41, 5.74) is 0. The largest absolute Gasteiger partial charge is 0.372 e. The SMILES string of the molecule is CC1OC(C)C(C)N(C)C1C. The molecule has 1 fully saturated rings. The average molecular weight is 157 g/mol. The summed E-state index contributed by atoms with van der Waals surface area (Å²) in [6, 6.07) is 1.09. The minimum atomic E-state index is 0.367. The van der Waals surface area contributed by atoms with Gasteiger partial charge in [0.1, 0.15) is 0 Å². The highest BCUT2D eigenvalue weighted by molar-refractivity contribution is 4.84. The molecule has 0 amide bonds. The van der Waals surface area contributed by atoms with E-state index in [2.05, 4.69) is 39.6 Å². The summed E-state index contributed by atoms with van der Waals surface area (Å²) in [6.45, 7) is 8.72. The third kappa shape index (κ3) is 1.57. The molecule has 0 bridgehead atoms. The van der Waals surface area contributed by atoms with Gasteiger partial charge in [-0.2, -0.15) is 0 Å². The maximum absolute atomic E-state index is 5.74. The molecule has 0 aromatic rings. The summed E-state index contributed by atoms with van der Waals surface area (Å²) in [4.78, 5) is 2.39. The Balaban J connectivity index is 2.63. The first kappa shape index (κ1) is 9.01. The van der Waals surface area contributed by atoms with Crippen LogP contribution < -0.4 is 0 Å². The van der Waals surface area contributed by atoms with E-state index >= 15 is 0 Å². The van der Waals surface area contributed by atoms with E-state index in [0.717, 1.165) is 0 Å². The Hall–Kier alpha value is -0.0800. The second kappa shape index (κ2) is 3.11. The van der Waals surface area contributed by atoms with Gasteiger partial charge >= 0.3 is 0 Å². The van der Waals surface area contributed by atoms with Crippen LogP contribution >= 0.6 is 0 Å². The van der Waals surface area contributed by atoms with Crippen molar-refractivity contribution in [3.63, 3.8) is 0 Å². The molecule has 2 nitrogen and oxygen atoms in total. The minimum absolute atomic E-state index is 0.367. The molecule has 0 aromatic heterocycles. The molecule has 1 saturated heterocycles. The molecule has 0 N–H and O–H groups in total. The molecule has 4 unspecified atom stereocenters. The molecule has 0 aliphatic carbocycles. The average Bonchev–Trinajstić information content (AvgIpc) is 1.97. The quantitative estimate of drug-likeness (QED) is 0.528. The van der Waals surface area contributed by atoms with Crippen LogP contribution in [0.5, 0.6) is 0 Å². The lowest BCUT2D eigenvalue weighted by Crippen LogP contribution is -2.55. The van der Waals surface area contributed by atoms with Gasteiger partial charge in [0, 0.05) is 12.1 Å². The molecule has 1 rings (SSSR count). The van der Waals surface area contributed by atoms with E-state index in [4.69, 9.17) is 4.74 Å². The van der Waals surface area contributed by atoms with E-state index in [1.807, 2.05) is 0 Å². The number of likely N-dealkylation sites (N-methyl/N-ethyl adjacent to an activating group) is 1. The van der Waals surface area contributed by atoms with E-state index in [1.54, 1.807) is 0 Å². The fourth-order valence-corrected chi connectivity index (χ4v) is 1.60. The highest BCUT2D eigenvalue weighted by Gasteiger charge is 2.32. The van der Waals surface area contributed by atoms with Crippen LogP contribution in [0.1, 0.15) is 27.7 Å². The summed E-state index contributed by atoms with van der Waals surface area (Å²) in [5.74, 6) is 0. The van der Waals surface area contributed by atoms with Gasteiger partial charge in [-0.15, -0.1) is 0 Å². The highest BCUT2D eigenvalue weighted by Crippen LogP contribution is 2.21. The molecule has 0 spiro atoms. The fraction of sp³-hybridized carbons (Fsp3) is 1.00. The van der Waals surface area contributed by atoms with Crippen molar-refractivity contribution in [1.29, 1.82) is 0 Å². The maximum atomic E-state index is 5.74. The zero-order valence-electron chi connectivity index (χ0n) is 8.16. The van der Waals surface area contributed by atoms with Crippen LogP contribution in [0.4, 0.5) is 0 Å². The number of hydrogen-bond donors (Lipinski definition) is 0. The number of nitrogens with zero attached hydrogens (tertiary/aromatic N) is 1. The molecule has 0 radical (unpaired) electrons. The van der Waals surface area contributed by atoms with Crippen LogP contribution in [0.3, 0.4) is 0 Å². The van der Waals surface area contributed by atoms with Gasteiger partial charge < -0.3 is 4.74 Å². The van der Waals surface area contributed by atoms with Gasteiger partial charge in [-0.25, -0.2) is 0 Å². The first-order chi connectivity index (χ1) is 5.04. The van der Waals surface area contributed by atoms with Crippen molar-refractivity contribution < 1.29 is 4.74 Å². The Morgan fingerprint density at radius 3 is 1.64 bits per heavy atom. The Kier molecular flexibility index (Phi) is 2.55. The number of hydrogen-bond acceptors (Lipinski definition) is 2. The fourth-order valence-electron chi connectivity index (χ4n) is 1.60. The smallest absolute Gasteiger partial charge is 0.0703 e. The molecule has 1 heterocycles. The lowest BCUT2D eigenvalue weighted by atomic mass is 10.0. The summed E-state index contributed by atoms with van der Waals surface area (Å²) in [7, 11) is 2.17. The third-order valence-electron chi connectivity index (χ3n) is 3.07. The normalized spacial score (nSPS) is 47.7. The van der Waals surface area contributed by atoms with Crippen molar-refractivity contribution in [3.05, 3.63) is 0 Å². The molecule has 1 aliphatic rings. The summed E-state index contributed by atoms with van der Waals surface area (Å²) < 4.78 is 5.74. The predicted octanol–water partition coefficient (Wildman–Crippen LogP) is 1.50. The molecule has 1 aliphatic heterocycles.